The lowest BCUT2D eigenvalue weighted by atomic mass is 10.1. The van der Waals surface area contributed by atoms with Gasteiger partial charge in [0.25, 0.3) is 0 Å². The molecule has 0 bridgehead atoms. The Balaban J connectivity index is 2.13. The summed E-state index contributed by atoms with van der Waals surface area (Å²) in [4.78, 5) is 4.60. The Morgan fingerprint density at radius 2 is 1.88 bits per heavy atom. The van der Waals surface area contributed by atoms with E-state index in [9.17, 15) is 0 Å². The van der Waals surface area contributed by atoms with E-state index in [0.29, 0.717) is 22.0 Å². The number of nitrogens with zero attached hydrogens (tertiary/aromatic N) is 1. The van der Waals surface area contributed by atoms with Crippen molar-refractivity contribution in [3.8, 4) is 0 Å². The number of nitrogens with one attached hydrogen (secondary N) is 1. The number of benzene rings is 1. The molecule has 1 heterocycles. The monoisotopic (exact) mass is 288 g/mol. The molecule has 0 aliphatic carbocycles. The lowest BCUT2D eigenvalue weighted by molar-refractivity contribution is 0.537. The van der Waals surface area contributed by atoms with Gasteiger partial charge in [0.2, 0.25) is 0 Å². The second-order valence-corrected chi connectivity index (χ2v) is 6.13. The van der Waals surface area contributed by atoms with Crippen molar-refractivity contribution in [2.24, 2.45) is 10.9 Å². The first-order valence-electron chi connectivity index (χ1n) is 5.48. The van der Waals surface area contributed by atoms with Gasteiger partial charge in [0.05, 0.1) is 6.04 Å². The summed E-state index contributed by atoms with van der Waals surface area (Å²) >= 11 is 13.6. The first-order chi connectivity index (χ1) is 8.04. The third-order valence-corrected chi connectivity index (χ3v) is 4.35. The Morgan fingerprint density at radius 3 is 2.47 bits per heavy atom. The lowest BCUT2D eigenvalue weighted by Gasteiger charge is -2.23. The average Bonchev–Trinajstić information content (AvgIpc) is 2.22. The number of aliphatic imine (C=N–C) groups is 1. The van der Waals surface area contributed by atoms with Gasteiger partial charge in [-0.2, -0.15) is 0 Å². The molecule has 92 valence electrons. The summed E-state index contributed by atoms with van der Waals surface area (Å²) in [6.07, 6.45) is 0. The first-order valence-corrected chi connectivity index (χ1v) is 7.22. The van der Waals surface area contributed by atoms with Crippen molar-refractivity contribution >= 4 is 45.8 Å². The molecule has 1 N–H and O–H groups in total. The molecular weight excluding hydrogens is 275 g/mol. The van der Waals surface area contributed by atoms with E-state index in [-0.39, 0.29) is 0 Å². The van der Waals surface area contributed by atoms with Gasteiger partial charge in [-0.05, 0) is 31.0 Å². The quantitative estimate of drug-likeness (QED) is 0.821. The smallest absolute Gasteiger partial charge is 0.161 e. The third kappa shape index (κ3) is 3.54. The largest absolute Gasteiger partial charge is 0.335 e. The zero-order chi connectivity index (χ0) is 12.4. The fraction of sp³-hybridized carbons (Fsp3) is 0.417. The first kappa shape index (κ1) is 13.1. The molecule has 0 saturated heterocycles. The minimum absolute atomic E-state index is 0.355. The summed E-state index contributed by atoms with van der Waals surface area (Å²) in [5.74, 6) is 1.70. The number of hydrogen-bond acceptors (Lipinski definition) is 3. The van der Waals surface area contributed by atoms with E-state index in [1.807, 2.05) is 12.1 Å². The van der Waals surface area contributed by atoms with Crippen LogP contribution < -0.4 is 5.32 Å². The zero-order valence-electron chi connectivity index (χ0n) is 9.71. The van der Waals surface area contributed by atoms with Gasteiger partial charge in [-0.25, -0.2) is 0 Å². The molecule has 0 spiro atoms. The Kier molecular flexibility index (Phi) is 4.23. The van der Waals surface area contributed by atoms with Crippen LogP contribution in [0, 0.1) is 5.92 Å². The van der Waals surface area contributed by atoms with Gasteiger partial charge in [0.1, 0.15) is 0 Å². The molecule has 2 atom stereocenters. The maximum atomic E-state index is 5.95. The van der Waals surface area contributed by atoms with Crippen molar-refractivity contribution in [2.75, 3.05) is 11.1 Å². The van der Waals surface area contributed by atoms with Crippen LogP contribution in [0.25, 0.3) is 0 Å². The van der Waals surface area contributed by atoms with Gasteiger partial charge < -0.3 is 5.32 Å². The third-order valence-electron chi connectivity index (χ3n) is 2.74. The van der Waals surface area contributed by atoms with E-state index in [1.165, 1.54) is 0 Å². The predicted octanol–water partition coefficient (Wildman–Crippen LogP) is 4.53. The summed E-state index contributed by atoms with van der Waals surface area (Å²) < 4.78 is 0. The van der Waals surface area contributed by atoms with E-state index < -0.39 is 0 Å². The van der Waals surface area contributed by atoms with Gasteiger partial charge in [0, 0.05) is 21.5 Å². The highest BCUT2D eigenvalue weighted by molar-refractivity contribution is 8.14. The van der Waals surface area contributed by atoms with Crippen molar-refractivity contribution in [3.05, 3.63) is 28.2 Å². The molecule has 0 amide bonds. The van der Waals surface area contributed by atoms with Crippen molar-refractivity contribution in [2.45, 2.75) is 19.9 Å². The van der Waals surface area contributed by atoms with E-state index in [1.54, 1.807) is 17.8 Å². The van der Waals surface area contributed by atoms with E-state index >= 15 is 0 Å². The minimum Gasteiger partial charge on any atom is -0.335 e. The SMILES string of the molecule is CC1CSC(Nc2cc(Cl)cc(Cl)c2)=NC1C. The van der Waals surface area contributed by atoms with Gasteiger partial charge in [-0.1, -0.05) is 41.9 Å². The fourth-order valence-electron chi connectivity index (χ4n) is 1.52. The minimum atomic E-state index is 0.355. The zero-order valence-corrected chi connectivity index (χ0v) is 12.0. The van der Waals surface area contributed by atoms with E-state index in [0.717, 1.165) is 16.6 Å². The van der Waals surface area contributed by atoms with E-state index in [4.69, 9.17) is 23.2 Å². The summed E-state index contributed by atoms with van der Waals surface area (Å²) in [7, 11) is 0. The lowest BCUT2D eigenvalue weighted by Crippen LogP contribution is -2.25. The molecule has 1 aliphatic heterocycles. The summed E-state index contributed by atoms with van der Waals surface area (Å²) in [6.45, 7) is 4.35. The summed E-state index contributed by atoms with van der Waals surface area (Å²) in [5.41, 5.74) is 0.885. The van der Waals surface area contributed by atoms with Gasteiger partial charge in [-0.15, -0.1) is 0 Å². The molecule has 0 aromatic heterocycles. The van der Waals surface area contributed by atoms with Crippen molar-refractivity contribution in [3.63, 3.8) is 0 Å². The van der Waals surface area contributed by atoms with Crippen LogP contribution in [0.15, 0.2) is 23.2 Å². The van der Waals surface area contributed by atoms with Crippen molar-refractivity contribution in [1.82, 2.24) is 0 Å². The van der Waals surface area contributed by atoms with Gasteiger partial charge in [-0.3, -0.25) is 4.99 Å². The summed E-state index contributed by atoms with van der Waals surface area (Å²) in [5, 5.41) is 5.45. The molecule has 1 aromatic rings. The van der Waals surface area contributed by atoms with Gasteiger partial charge >= 0.3 is 0 Å². The van der Waals surface area contributed by atoms with Crippen LogP contribution in [-0.2, 0) is 0 Å². The molecule has 0 saturated carbocycles. The second kappa shape index (κ2) is 5.51. The Morgan fingerprint density at radius 1 is 1.24 bits per heavy atom. The molecule has 1 aromatic carbocycles. The second-order valence-electron chi connectivity index (χ2n) is 4.25. The highest BCUT2D eigenvalue weighted by atomic mass is 35.5. The summed E-state index contributed by atoms with van der Waals surface area (Å²) in [6, 6.07) is 5.76. The standard InChI is InChI=1S/C12H14Cl2N2S/c1-7-6-17-12(15-8(7)2)16-11-4-9(13)3-10(14)5-11/h3-5,7-8H,6H2,1-2H3,(H,15,16). The number of anilines is 1. The molecule has 2 unspecified atom stereocenters. The molecule has 0 radical (unpaired) electrons. The topological polar surface area (TPSA) is 24.4 Å². The Hall–Kier alpha value is -0.380. The van der Waals surface area contributed by atoms with Crippen LogP contribution in [0.4, 0.5) is 5.69 Å². The molecule has 1 aliphatic rings. The van der Waals surface area contributed by atoms with Crippen molar-refractivity contribution < 1.29 is 0 Å². The Bertz CT molecular complexity index is 428. The molecule has 2 nitrogen and oxygen atoms in total. The average molecular weight is 289 g/mol. The molecule has 0 fully saturated rings. The number of amidine groups is 1. The normalized spacial score (nSPS) is 24.4. The van der Waals surface area contributed by atoms with Gasteiger partial charge in [0.15, 0.2) is 5.17 Å². The maximum absolute atomic E-state index is 5.95. The molecular formula is C12H14Cl2N2S. The molecule has 17 heavy (non-hydrogen) atoms. The number of halogens is 2. The van der Waals surface area contributed by atoms with Crippen LogP contribution in [0.1, 0.15) is 13.8 Å². The highest BCUT2D eigenvalue weighted by Gasteiger charge is 2.19. The van der Waals surface area contributed by atoms with E-state index in [2.05, 4.69) is 24.2 Å². The molecule has 2 rings (SSSR count). The number of hydrogen-bond donors (Lipinski definition) is 1. The van der Waals surface area contributed by atoms with Crippen LogP contribution >= 0.6 is 35.0 Å². The molecule has 5 heteroatoms. The highest BCUT2D eigenvalue weighted by Crippen LogP contribution is 2.26. The Labute approximate surface area is 116 Å². The van der Waals surface area contributed by atoms with Crippen LogP contribution in [0.5, 0.6) is 0 Å². The maximum Gasteiger partial charge on any atom is 0.161 e. The van der Waals surface area contributed by atoms with Crippen molar-refractivity contribution in [1.29, 1.82) is 0 Å². The number of rotatable bonds is 1. The predicted molar refractivity (Wildman–Crippen MR) is 78.6 cm³/mol. The number of thioether (sulfide) groups is 1. The van der Waals surface area contributed by atoms with Crippen LogP contribution in [0.3, 0.4) is 0 Å². The fourth-order valence-corrected chi connectivity index (χ4v) is 3.17. The van der Waals surface area contributed by atoms with Crippen LogP contribution in [0.2, 0.25) is 10.0 Å². The van der Waals surface area contributed by atoms with Crippen LogP contribution in [-0.4, -0.2) is 17.0 Å².